The Hall–Kier alpha value is -1.70. The van der Waals surface area contributed by atoms with Gasteiger partial charge < -0.3 is 19.7 Å². The summed E-state index contributed by atoms with van der Waals surface area (Å²) in [7, 11) is 0. The predicted octanol–water partition coefficient (Wildman–Crippen LogP) is 3.86. The molecule has 1 aromatic heterocycles. The van der Waals surface area contributed by atoms with E-state index < -0.39 is 11.2 Å². The molecule has 5 rings (SSSR count). The van der Waals surface area contributed by atoms with Crippen LogP contribution in [0.5, 0.6) is 0 Å². The number of hydrogen-bond acceptors (Lipinski definition) is 6. The highest BCUT2D eigenvalue weighted by Gasteiger charge is 2.34. The Labute approximate surface area is 186 Å². The summed E-state index contributed by atoms with van der Waals surface area (Å²) in [6.07, 6.45) is 6.94. The molecule has 30 heavy (non-hydrogen) atoms. The largest absolute Gasteiger partial charge is 0.611 e. The van der Waals surface area contributed by atoms with Gasteiger partial charge in [0.1, 0.15) is 11.4 Å². The third-order valence-corrected chi connectivity index (χ3v) is 8.09. The van der Waals surface area contributed by atoms with E-state index in [1.54, 1.807) is 0 Å². The van der Waals surface area contributed by atoms with E-state index in [1.807, 2.05) is 12.1 Å². The zero-order valence-corrected chi connectivity index (χ0v) is 18.7. The van der Waals surface area contributed by atoms with Gasteiger partial charge >= 0.3 is 0 Å². The zero-order valence-electron chi connectivity index (χ0n) is 17.1. The number of piperazine rings is 1. The third-order valence-electron chi connectivity index (χ3n) is 6.38. The number of anilines is 3. The van der Waals surface area contributed by atoms with Gasteiger partial charge in [-0.3, -0.25) is 0 Å². The average molecular weight is 446 g/mol. The standard InChI is InChI=1S/C22H28ClN5OS/c23-16-6-8-18(9-7-16)27-11-13-28(14-12-27)22-25-19-10-15-30(29)20(19)21(26-22)24-17-4-2-1-3-5-17/h6-9,17H,1-5,10-15H2,(H,24,25,26). The van der Waals surface area contributed by atoms with Gasteiger partial charge in [0.25, 0.3) is 0 Å². The Morgan fingerprint density at radius 3 is 2.40 bits per heavy atom. The van der Waals surface area contributed by atoms with E-state index >= 15 is 0 Å². The number of rotatable bonds is 4. The van der Waals surface area contributed by atoms with Gasteiger partial charge in [-0.15, -0.1) is 0 Å². The molecule has 0 amide bonds. The lowest BCUT2D eigenvalue weighted by Gasteiger charge is -2.36. The van der Waals surface area contributed by atoms with Gasteiger partial charge in [-0.2, -0.15) is 4.98 Å². The van der Waals surface area contributed by atoms with Crippen molar-refractivity contribution in [1.82, 2.24) is 9.97 Å². The maximum Gasteiger partial charge on any atom is 0.228 e. The van der Waals surface area contributed by atoms with Gasteiger partial charge in [-0.05, 0) is 48.3 Å². The van der Waals surface area contributed by atoms with Gasteiger partial charge in [0.2, 0.25) is 10.8 Å². The molecule has 2 fully saturated rings. The van der Waals surface area contributed by atoms with Crippen LogP contribution in [0.25, 0.3) is 0 Å². The van der Waals surface area contributed by atoms with Crippen LogP contribution in [0.15, 0.2) is 29.2 Å². The first-order valence-corrected chi connectivity index (χ1v) is 12.7. The molecular formula is C22H28ClN5OS. The van der Waals surface area contributed by atoms with Crippen LogP contribution in [-0.4, -0.2) is 52.5 Å². The fourth-order valence-corrected chi connectivity index (χ4v) is 6.12. The molecule has 8 heteroatoms. The molecule has 1 unspecified atom stereocenters. The SMILES string of the molecule is [O-][S+]1CCc2nc(N3CCN(c4ccc(Cl)cc4)CC3)nc(NC3CCCCC3)c21. The summed E-state index contributed by atoms with van der Waals surface area (Å²) < 4.78 is 12.6. The van der Waals surface area contributed by atoms with E-state index in [1.165, 1.54) is 37.8 Å². The van der Waals surface area contributed by atoms with Crippen molar-refractivity contribution in [3.8, 4) is 0 Å². The fraction of sp³-hybridized carbons (Fsp3) is 0.545. The van der Waals surface area contributed by atoms with E-state index in [0.29, 0.717) is 11.8 Å². The minimum atomic E-state index is -0.985. The first kappa shape index (κ1) is 20.2. The lowest BCUT2D eigenvalue weighted by Crippen LogP contribution is -2.47. The molecule has 1 saturated carbocycles. The van der Waals surface area contributed by atoms with Crippen LogP contribution in [-0.2, 0) is 17.6 Å². The summed E-state index contributed by atoms with van der Waals surface area (Å²) in [6.45, 7) is 3.57. The lowest BCUT2D eigenvalue weighted by molar-refractivity contribution is 0.461. The van der Waals surface area contributed by atoms with Crippen LogP contribution >= 0.6 is 11.6 Å². The minimum absolute atomic E-state index is 0.435. The molecule has 1 N–H and O–H groups in total. The van der Waals surface area contributed by atoms with E-state index in [4.69, 9.17) is 21.6 Å². The lowest BCUT2D eigenvalue weighted by atomic mass is 9.95. The van der Waals surface area contributed by atoms with Crippen molar-refractivity contribution in [1.29, 1.82) is 0 Å². The molecule has 2 aliphatic heterocycles. The van der Waals surface area contributed by atoms with Crippen LogP contribution in [0.4, 0.5) is 17.5 Å². The molecule has 1 saturated heterocycles. The summed E-state index contributed by atoms with van der Waals surface area (Å²) >= 11 is 5.04. The van der Waals surface area contributed by atoms with E-state index in [2.05, 4.69) is 27.2 Å². The number of nitrogens with one attached hydrogen (secondary N) is 1. The van der Waals surface area contributed by atoms with Crippen molar-refractivity contribution >= 4 is 40.2 Å². The number of aromatic nitrogens is 2. The zero-order chi connectivity index (χ0) is 20.5. The van der Waals surface area contributed by atoms with Crippen molar-refractivity contribution in [3.05, 3.63) is 35.0 Å². The van der Waals surface area contributed by atoms with E-state index in [0.717, 1.165) is 60.0 Å². The Morgan fingerprint density at radius 1 is 0.967 bits per heavy atom. The minimum Gasteiger partial charge on any atom is -0.611 e. The van der Waals surface area contributed by atoms with E-state index in [-0.39, 0.29) is 0 Å². The van der Waals surface area contributed by atoms with Crippen LogP contribution in [0.1, 0.15) is 37.8 Å². The van der Waals surface area contributed by atoms with Crippen molar-refractivity contribution in [2.24, 2.45) is 0 Å². The van der Waals surface area contributed by atoms with Gasteiger partial charge in [0.15, 0.2) is 5.82 Å². The number of fused-ring (bicyclic) bond motifs is 1. The van der Waals surface area contributed by atoms with Crippen molar-refractivity contribution in [2.75, 3.05) is 47.0 Å². The molecule has 0 spiro atoms. The number of nitrogens with zero attached hydrogens (tertiary/aromatic N) is 4. The van der Waals surface area contributed by atoms with Gasteiger partial charge in [0, 0.05) is 49.4 Å². The monoisotopic (exact) mass is 445 g/mol. The smallest absolute Gasteiger partial charge is 0.228 e. The highest BCUT2D eigenvalue weighted by Crippen LogP contribution is 2.34. The number of halogens is 1. The predicted molar refractivity (Wildman–Crippen MR) is 123 cm³/mol. The third kappa shape index (κ3) is 4.20. The van der Waals surface area contributed by atoms with Crippen LogP contribution < -0.4 is 15.1 Å². The summed E-state index contributed by atoms with van der Waals surface area (Å²) in [5.74, 6) is 2.26. The van der Waals surface area contributed by atoms with Crippen molar-refractivity contribution in [3.63, 3.8) is 0 Å². The topological polar surface area (TPSA) is 67.4 Å². The molecule has 160 valence electrons. The molecule has 3 aliphatic rings. The molecule has 3 heterocycles. The van der Waals surface area contributed by atoms with Crippen molar-refractivity contribution in [2.45, 2.75) is 49.5 Å². The van der Waals surface area contributed by atoms with Crippen LogP contribution in [0.2, 0.25) is 5.02 Å². The maximum absolute atomic E-state index is 12.6. The number of aryl methyl sites for hydroxylation is 1. The molecule has 6 nitrogen and oxygen atoms in total. The average Bonchev–Trinajstić information content (AvgIpc) is 3.16. The molecule has 1 aliphatic carbocycles. The first-order valence-electron chi connectivity index (χ1n) is 11.0. The Bertz CT molecular complexity index is 882. The molecule has 0 radical (unpaired) electrons. The fourth-order valence-electron chi connectivity index (χ4n) is 4.68. The summed E-state index contributed by atoms with van der Waals surface area (Å²) in [6, 6.07) is 8.47. The van der Waals surface area contributed by atoms with Crippen LogP contribution in [0.3, 0.4) is 0 Å². The molecule has 1 aromatic carbocycles. The van der Waals surface area contributed by atoms with Crippen LogP contribution in [0, 0.1) is 0 Å². The highest BCUT2D eigenvalue weighted by molar-refractivity contribution is 7.91. The maximum atomic E-state index is 12.6. The second kappa shape index (κ2) is 8.81. The van der Waals surface area contributed by atoms with E-state index in [9.17, 15) is 4.55 Å². The Kier molecular flexibility index (Phi) is 5.94. The molecule has 2 aromatic rings. The first-order chi connectivity index (χ1) is 14.7. The summed E-state index contributed by atoms with van der Waals surface area (Å²) in [5.41, 5.74) is 2.17. The second-order valence-corrected chi connectivity index (χ2v) is 10.3. The number of benzene rings is 1. The summed E-state index contributed by atoms with van der Waals surface area (Å²) in [4.78, 5) is 15.2. The summed E-state index contributed by atoms with van der Waals surface area (Å²) in [5, 5.41) is 4.40. The Balaban J connectivity index is 1.33. The van der Waals surface area contributed by atoms with Gasteiger partial charge in [-0.1, -0.05) is 30.9 Å². The quantitative estimate of drug-likeness (QED) is 0.720. The highest BCUT2D eigenvalue weighted by atomic mass is 35.5. The van der Waals surface area contributed by atoms with Gasteiger partial charge in [0.05, 0.1) is 0 Å². The second-order valence-electron chi connectivity index (χ2n) is 8.38. The molecule has 0 bridgehead atoms. The number of hydrogen-bond donors (Lipinski definition) is 1. The Morgan fingerprint density at radius 2 is 1.67 bits per heavy atom. The molecular weight excluding hydrogens is 418 g/mol. The normalized spacial score (nSPS) is 22.3. The van der Waals surface area contributed by atoms with Gasteiger partial charge in [-0.25, -0.2) is 4.98 Å². The van der Waals surface area contributed by atoms with Crippen molar-refractivity contribution < 1.29 is 4.55 Å². The molecule has 1 atom stereocenters.